The highest BCUT2D eigenvalue weighted by Crippen LogP contribution is 2.32. The molecular weight excluding hydrogens is 268 g/mol. The third-order valence-corrected chi connectivity index (χ3v) is 4.69. The molecule has 2 aliphatic rings. The summed E-state index contributed by atoms with van der Waals surface area (Å²) in [5, 5.41) is 15.1. The number of hydrogen-bond acceptors (Lipinski definition) is 2. The lowest BCUT2D eigenvalue weighted by atomic mass is 9.76. The Morgan fingerprint density at radius 3 is 2.76 bits per heavy atom. The zero-order valence-corrected chi connectivity index (χ0v) is 12.7. The molecule has 0 radical (unpaired) electrons. The Labute approximate surface area is 126 Å². The monoisotopic (exact) mass is 294 g/mol. The van der Waals surface area contributed by atoms with Crippen molar-refractivity contribution in [3.63, 3.8) is 0 Å². The molecule has 0 spiro atoms. The number of hydrogen-bond donors (Lipinski definition) is 3. The molecule has 5 nitrogen and oxygen atoms in total. The summed E-state index contributed by atoms with van der Waals surface area (Å²) in [5.74, 6) is -0.116. The van der Waals surface area contributed by atoms with Crippen molar-refractivity contribution in [2.24, 2.45) is 11.8 Å². The van der Waals surface area contributed by atoms with E-state index >= 15 is 0 Å². The quantitative estimate of drug-likeness (QED) is 0.697. The van der Waals surface area contributed by atoms with Gasteiger partial charge < -0.3 is 15.7 Å². The fourth-order valence-electron chi connectivity index (χ4n) is 3.45. The van der Waals surface area contributed by atoms with Crippen molar-refractivity contribution >= 4 is 12.0 Å². The van der Waals surface area contributed by atoms with Gasteiger partial charge in [-0.1, -0.05) is 31.9 Å². The first-order valence-electron chi connectivity index (χ1n) is 7.96. The minimum atomic E-state index is -1.09. The van der Waals surface area contributed by atoms with Crippen LogP contribution in [0.25, 0.3) is 0 Å². The van der Waals surface area contributed by atoms with Crippen molar-refractivity contribution in [2.75, 3.05) is 6.54 Å². The van der Waals surface area contributed by atoms with E-state index < -0.39 is 11.5 Å². The maximum Gasteiger partial charge on any atom is 0.329 e. The largest absolute Gasteiger partial charge is 0.480 e. The summed E-state index contributed by atoms with van der Waals surface area (Å²) in [7, 11) is 0. The Bertz CT molecular complexity index is 422. The average molecular weight is 294 g/mol. The molecule has 2 rings (SSSR count). The molecule has 3 N–H and O–H groups in total. The normalized spacial score (nSPS) is 32.4. The smallest absolute Gasteiger partial charge is 0.329 e. The molecule has 2 amide bonds. The van der Waals surface area contributed by atoms with Crippen LogP contribution in [0.15, 0.2) is 12.2 Å². The van der Waals surface area contributed by atoms with Crippen molar-refractivity contribution in [1.82, 2.24) is 10.6 Å². The van der Waals surface area contributed by atoms with Gasteiger partial charge in [-0.3, -0.25) is 0 Å². The number of carboxylic acid groups (broad SMARTS) is 1. The summed E-state index contributed by atoms with van der Waals surface area (Å²) in [4.78, 5) is 23.7. The number of amides is 2. The molecule has 5 heteroatoms. The Morgan fingerprint density at radius 1 is 1.33 bits per heavy atom. The average Bonchev–Trinajstić information content (AvgIpc) is 2.46. The molecule has 0 saturated heterocycles. The van der Waals surface area contributed by atoms with Gasteiger partial charge in [0.05, 0.1) is 0 Å². The molecule has 3 unspecified atom stereocenters. The van der Waals surface area contributed by atoms with E-state index in [2.05, 4.69) is 22.8 Å². The number of allylic oxidation sites excluding steroid dienone is 2. The lowest BCUT2D eigenvalue weighted by Gasteiger charge is -2.37. The number of carbonyl (C=O) groups excluding carboxylic acids is 1. The SMILES string of the molecule is CC1CCCC(NC(=O)NCC2CC=CCC2)(C(=O)O)C1. The standard InChI is InChI=1S/C16H26N2O3/c1-12-6-5-9-16(10-12,14(19)20)18-15(21)17-11-13-7-3-2-4-8-13/h2-3,12-13H,4-11H2,1H3,(H,19,20)(H2,17,18,21). The van der Waals surface area contributed by atoms with E-state index in [1.165, 1.54) is 0 Å². The zero-order chi connectivity index (χ0) is 15.3. The van der Waals surface area contributed by atoms with Crippen LogP contribution in [0.5, 0.6) is 0 Å². The van der Waals surface area contributed by atoms with E-state index in [0.717, 1.165) is 32.1 Å². The number of carboxylic acids is 1. The van der Waals surface area contributed by atoms with Gasteiger partial charge in [0.25, 0.3) is 0 Å². The Hall–Kier alpha value is -1.52. The predicted molar refractivity (Wildman–Crippen MR) is 81.0 cm³/mol. The van der Waals surface area contributed by atoms with Gasteiger partial charge in [-0.25, -0.2) is 9.59 Å². The summed E-state index contributed by atoms with van der Waals surface area (Å²) < 4.78 is 0. The van der Waals surface area contributed by atoms with Crippen LogP contribution in [-0.4, -0.2) is 29.2 Å². The lowest BCUT2D eigenvalue weighted by molar-refractivity contribution is -0.146. The maximum atomic E-state index is 12.1. The molecule has 0 bridgehead atoms. The van der Waals surface area contributed by atoms with Crippen LogP contribution >= 0.6 is 0 Å². The Balaban J connectivity index is 1.86. The molecule has 0 heterocycles. The second-order valence-electron chi connectivity index (χ2n) is 6.57. The Morgan fingerprint density at radius 2 is 2.14 bits per heavy atom. The summed E-state index contributed by atoms with van der Waals surface area (Å²) >= 11 is 0. The topological polar surface area (TPSA) is 78.4 Å². The van der Waals surface area contributed by atoms with Gasteiger partial charge in [0.2, 0.25) is 0 Å². The molecule has 0 aromatic heterocycles. The highest BCUT2D eigenvalue weighted by atomic mass is 16.4. The number of rotatable bonds is 4. The van der Waals surface area contributed by atoms with Crippen LogP contribution in [0, 0.1) is 11.8 Å². The van der Waals surface area contributed by atoms with Gasteiger partial charge in [-0.15, -0.1) is 0 Å². The molecule has 2 aliphatic carbocycles. The van der Waals surface area contributed by atoms with E-state index in [9.17, 15) is 14.7 Å². The van der Waals surface area contributed by atoms with Crippen molar-refractivity contribution in [3.8, 4) is 0 Å². The summed E-state index contributed by atoms with van der Waals surface area (Å²) in [6.07, 6.45) is 10.4. The first-order chi connectivity index (χ1) is 10.0. The molecule has 1 fully saturated rings. The van der Waals surface area contributed by atoms with Crippen molar-refractivity contribution in [2.45, 2.75) is 57.4 Å². The molecule has 118 valence electrons. The number of carbonyl (C=O) groups is 2. The lowest BCUT2D eigenvalue weighted by Crippen LogP contribution is -2.59. The molecule has 1 saturated carbocycles. The number of aliphatic carboxylic acids is 1. The van der Waals surface area contributed by atoms with E-state index in [-0.39, 0.29) is 6.03 Å². The van der Waals surface area contributed by atoms with Gasteiger partial charge in [-0.2, -0.15) is 0 Å². The van der Waals surface area contributed by atoms with Crippen LogP contribution in [0.3, 0.4) is 0 Å². The molecule has 0 aromatic carbocycles. The van der Waals surface area contributed by atoms with Crippen LogP contribution in [0.4, 0.5) is 4.79 Å². The van der Waals surface area contributed by atoms with E-state index in [1.54, 1.807) is 0 Å². The maximum absolute atomic E-state index is 12.1. The molecule has 0 aliphatic heterocycles. The minimum Gasteiger partial charge on any atom is -0.480 e. The number of nitrogens with one attached hydrogen (secondary N) is 2. The van der Waals surface area contributed by atoms with Crippen molar-refractivity contribution in [1.29, 1.82) is 0 Å². The van der Waals surface area contributed by atoms with Gasteiger partial charge in [0, 0.05) is 6.54 Å². The minimum absolute atomic E-state index is 0.332. The third kappa shape index (κ3) is 4.22. The van der Waals surface area contributed by atoms with Crippen LogP contribution in [0.1, 0.15) is 51.9 Å². The zero-order valence-electron chi connectivity index (χ0n) is 12.7. The molecule has 0 aromatic rings. The predicted octanol–water partition coefficient (Wildman–Crippen LogP) is 2.68. The van der Waals surface area contributed by atoms with Crippen LogP contribution in [-0.2, 0) is 4.79 Å². The fraction of sp³-hybridized carbons (Fsp3) is 0.750. The van der Waals surface area contributed by atoms with Crippen molar-refractivity contribution in [3.05, 3.63) is 12.2 Å². The second-order valence-corrected chi connectivity index (χ2v) is 6.57. The third-order valence-electron chi connectivity index (χ3n) is 4.69. The van der Waals surface area contributed by atoms with Gasteiger partial charge in [0.1, 0.15) is 5.54 Å². The van der Waals surface area contributed by atoms with Crippen molar-refractivity contribution < 1.29 is 14.7 Å². The van der Waals surface area contributed by atoms with E-state index in [4.69, 9.17) is 0 Å². The van der Waals surface area contributed by atoms with Gasteiger partial charge in [-0.05, 0) is 43.9 Å². The van der Waals surface area contributed by atoms with Gasteiger partial charge in [0.15, 0.2) is 0 Å². The summed E-state index contributed by atoms with van der Waals surface area (Å²) in [6.45, 7) is 2.66. The second kappa shape index (κ2) is 6.96. The molecular formula is C16H26N2O3. The highest BCUT2D eigenvalue weighted by Gasteiger charge is 2.43. The van der Waals surface area contributed by atoms with Gasteiger partial charge >= 0.3 is 12.0 Å². The summed E-state index contributed by atoms with van der Waals surface area (Å²) in [5.41, 5.74) is -1.09. The first kappa shape index (κ1) is 15.9. The highest BCUT2D eigenvalue weighted by molar-refractivity contribution is 5.86. The molecule has 21 heavy (non-hydrogen) atoms. The Kier molecular flexibility index (Phi) is 5.26. The molecule has 3 atom stereocenters. The van der Waals surface area contributed by atoms with E-state index in [1.807, 2.05) is 6.92 Å². The van der Waals surface area contributed by atoms with Crippen LogP contribution < -0.4 is 10.6 Å². The first-order valence-corrected chi connectivity index (χ1v) is 7.96. The number of urea groups is 1. The van der Waals surface area contributed by atoms with E-state index in [0.29, 0.717) is 31.2 Å². The fourth-order valence-corrected chi connectivity index (χ4v) is 3.45. The van der Waals surface area contributed by atoms with Crippen LogP contribution in [0.2, 0.25) is 0 Å². The summed E-state index contributed by atoms with van der Waals surface area (Å²) in [6, 6.07) is -0.346.